The number of nitrogens with zero attached hydrogens (tertiary/aromatic N) is 1. The predicted octanol–water partition coefficient (Wildman–Crippen LogP) is 2.73. The Balaban J connectivity index is 0.000000609. The molecule has 1 unspecified atom stereocenters. The molecule has 6 nitrogen and oxygen atoms in total. The summed E-state index contributed by atoms with van der Waals surface area (Å²) in [6.07, 6.45) is 0.986. The van der Waals surface area contributed by atoms with Gasteiger partial charge in [-0.2, -0.15) is 21.6 Å². The summed E-state index contributed by atoms with van der Waals surface area (Å²) in [5.74, 6) is -0.378. The first-order valence-electron chi connectivity index (χ1n) is 6.94. The Morgan fingerprint density at radius 3 is 2.12 bits per heavy atom. The second-order valence-corrected chi connectivity index (χ2v) is 7.00. The maximum absolute atomic E-state index is 11.2. The van der Waals surface area contributed by atoms with Crippen LogP contribution in [-0.2, 0) is 26.2 Å². The van der Waals surface area contributed by atoms with Gasteiger partial charge in [-0.15, -0.1) is 0 Å². The lowest BCUT2D eigenvalue weighted by Crippen LogP contribution is -2.48. The highest BCUT2D eigenvalue weighted by Crippen LogP contribution is 2.20. The molecular weight excluding hydrogens is 363 g/mol. The van der Waals surface area contributed by atoms with Gasteiger partial charge in [-0.3, -0.25) is 9.04 Å². The molecule has 25 heavy (non-hydrogen) atoms. The molecule has 0 aromatic heterocycles. The monoisotopic (exact) mass is 384 g/mol. The van der Waals surface area contributed by atoms with Gasteiger partial charge in [0.2, 0.25) is 6.23 Å². The lowest BCUT2D eigenvalue weighted by Gasteiger charge is -2.34. The van der Waals surface area contributed by atoms with Crippen LogP contribution in [0.4, 0.5) is 13.2 Å². The molecule has 1 rings (SSSR count). The molecule has 0 fully saturated rings. The minimum Gasteiger partial charge on any atom is -0.410 e. The third-order valence-corrected chi connectivity index (χ3v) is 3.75. The molecule has 0 amide bonds. The van der Waals surface area contributed by atoms with Crippen LogP contribution < -0.4 is 0 Å². The Labute approximate surface area is 144 Å². The van der Waals surface area contributed by atoms with Gasteiger partial charge in [-0.1, -0.05) is 36.9 Å². The van der Waals surface area contributed by atoms with Crippen LogP contribution in [0.1, 0.15) is 12.5 Å². The molecular formula is C15H21F3NO5S+. The summed E-state index contributed by atoms with van der Waals surface area (Å²) in [4.78, 5) is 11.2. The summed E-state index contributed by atoms with van der Waals surface area (Å²) in [6.45, 7) is 6.10. The molecule has 1 aromatic carbocycles. The topological polar surface area (TPSA) is 80.7 Å². The highest BCUT2D eigenvalue weighted by atomic mass is 32.2. The number of benzene rings is 1. The van der Waals surface area contributed by atoms with Crippen LogP contribution in [0.3, 0.4) is 0 Å². The fourth-order valence-corrected chi connectivity index (χ4v) is 1.54. The van der Waals surface area contributed by atoms with E-state index in [4.69, 9.17) is 17.7 Å². The van der Waals surface area contributed by atoms with Crippen LogP contribution in [0.5, 0.6) is 0 Å². The lowest BCUT2D eigenvalue weighted by molar-refractivity contribution is -0.945. The fourth-order valence-electron chi connectivity index (χ4n) is 1.54. The fraction of sp³-hybridized carbons (Fsp3) is 0.400. The largest absolute Gasteiger partial charge is 0.522 e. The van der Waals surface area contributed by atoms with Gasteiger partial charge in [0.15, 0.2) is 0 Å². The summed E-state index contributed by atoms with van der Waals surface area (Å²) in [6, 6.07) is 10.2. The number of alkyl halides is 3. The second kappa shape index (κ2) is 8.97. The van der Waals surface area contributed by atoms with Crippen LogP contribution in [-0.4, -0.2) is 49.3 Å². The van der Waals surface area contributed by atoms with E-state index >= 15 is 0 Å². The molecule has 0 saturated heterocycles. The van der Waals surface area contributed by atoms with E-state index < -0.39 is 15.6 Å². The van der Waals surface area contributed by atoms with Crippen molar-refractivity contribution in [3.8, 4) is 0 Å². The van der Waals surface area contributed by atoms with E-state index in [9.17, 15) is 18.0 Å². The third kappa shape index (κ3) is 8.66. The number of esters is 1. The van der Waals surface area contributed by atoms with E-state index in [0.717, 1.165) is 6.54 Å². The minimum atomic E-state index is -5.84. The van der Waals surface area contributed by atoms with Crippen molar-refractivity contribution < 1.29 is 40.2 Å². The number of halogens is 3. The molecule has 0 aliphatic heterocycles. The van der Waals surface area contributed by atoms with Gasteiger partial charge in [0, 0.05) is 18.6 Å². The number of carbonyl (C=O) groups is 1. The molecule has 0 radical (unpaired) electrons. The predicted molar refractivity (Wildman–Crippen MR) is 85.6 cm³/mol. The number of hydrogen-bond acceptors (Lipinski definition) is 4. The second-order valence-electron chi connectivity index (χ2n) is 5.58. The number of quaternary nitrogens is 1. The van der Waals surface area contributed by atoms with Crippen molar-refractivity contribution in [2.24, 2.45) is 0 Å². The van der Waals surface area contributed by atoms with Crippen molar-refractivity contribution in [3.05, 3.63) is 48.6 Å². The van der Waals surface area contributed by atoms with Crippen LogP contribution in [0.2, 0.25) is 0 Å². The first-order valence-corrected chi connectivity index (χ1v) is 8.38. The maximum atomic E-state index is 11.2. The molecule has 1 N–H and O–H groups in total. The van der Waals surface area contributed by atoms with E-state index in [-0.39, 0.29) is 12.2 Å². The van der Waals surface area contributed by atoms with Crippen molar-refractivity contribution in [1.29, 1.82) is 0 Å². The van der Waals surface area contributed by atoms with Crippen molar-refractivity contribution >= 4 is 16.1 Å². The Kier molecular flexibility index (Phi) is 8.29. The van der Waals surface area contributed by atoms with E-state index in [0.29, 0.717) is 4.48 Å². The van der Waals surface area contributed by atoms with E-state index in [2.05, 4.69) is 18.7 Å². The molecule has 10 heteroatoms. The highest BCUT2D eigenvalue weighted by molar-refractivity contribution is 7.86. The van der Waals surface area contributed by atoms with Crippen molar-refractivity contribution in [3.63, 3.8) is 0 Å². The molecule has 142 valence electrons. The summed E-state index contributed by atoms with van der Waals surface area (Å²) in [7, 11) is -1.77. The highest BCUT2D eigenvalue weighted by Gasteiger charge is 2.44. The number of carbonyl (C=O) groups excluding carboxylic acids is 1. The SMILES string of the molecule is C=CC(=O)OC(C)[N+](C)(C)Cc1ccccc1.O=S(=O)(O)C(F)(F)F. The average Bonchev–Trinajstić information content (AvgIpc) is 2.46. The Hall–Kier alpha value is -1.91. The minimum absolute atomic E-state index is 0.208. The first kappa shape index (κ1) is 23.1. The van der Waals surface area contributed by atoms with Gasteiger partial charge < -0.3 is 4.74 Å². The van der Waals surface area contributed by atoms with Crippen LogP contribution in [0, 0.1) is 0 Å². The zero-order chi connectivity index (χ0) is 19.9. The number of rotatable bonds is 5. The molecule has 1 aromatic rings. The van der Waals surface area contributed by atoms with Gasteiger partial charge in [-0.05, 0) is 0 Å². The first-order chi connectivity index (χ1) is 11.2. The zero-order valence-corrected chi connectivity index (χ0v) is 14.8. The lowest BCUT2D eigenvalue weighted by atomic mass is 10.2. The Morgan fingerprint density at radius 2 is 1.76 bits per heavy atom. The molecule has 0 spiro atoms. The molecule has 0 saturated carbocycles. The smallest absolute Gasteiger partial charge is 0.410 e. The van der Waals surface area contributed by atoms with Crippen molar-refractivity contribution in [2.45, 2.75) is 25.2 Å². The van der Waals surface area contributed by atoms with Crippen LogP contribution in [0.15, 0.2) is 43.0 Å². The summed E-state index contributed by atoms with van der Waals surface area (Å²) in [5, 5.41) is 0. The molecule has 0 heterocycles. The van der Waals surface area contributed by atoms with Gasteiger partial charge >= 0.3 is 21.6 Å². The van der Waals surface area contributed by atoms with E-state index in [1.807, 2.05) is 39.2 Å². The number of hydrogen-bond donors (Lipinski definition) is 1. The zero-order valence-electron chi connectivity index (χ0n) is 14.0. The van der Waals surface area contributed by atoms with Gasteiger partial charge in [-0.25, -0.2) is 4.79 Å². The summed E-state index contributed by atoms with van der Waals surface area (Å²) in [5.41, 5.74) is -4.31. The Bertz CT molecular complexity index is 672. The van der Waals surface area contributed by atoms with Gasteiger partial charge in [0.05, 0.1) is 14.1 Å². The van der Waals surface area contributed by atoms with Crippen molar-refractivity contribution in [1.82, 2.24) is 0 Å². The number of ether oxygens (including phenoxy) is 1. The molecule has 0 bridgehead atoms. The standard InChI is InChI=1S/C14H20NO2.CHF3O3S/c1-5-14(16)17-12(2)15(3,4)11-13-9-7-6-8-10-13;2-1(3,4)8(5,6)7/h5-10,12H,1,11H2,2-4H3;(H,5,6,7)/q+1;. The molecule has 0 aliphatic carbocycles. The van der Waals surface area contributed by atoms with Crippen molar-refractivity contribution in [2.75, 3.05) is 14.1 Å². The molecule has 1 atom stereocenters. The summed E-state index contributed by atoms with van der Waals surface area (Å²) < 4.78 is 63.4. The van der Waals surface area contributed by atoms with E-state index in [1.165, 1.54) is 11.6 Å². The van der Waals surface area contributed by atoms with Crippen LogP contribution in [0.25, 0.3) is 0 Å². The maximum Gasteiger partial charge on any atom is 0.522 e. The van der Waals surface area contributed by atoms with Crippen LogP contribution >= 0.6 is 0 Å². The molecule has 0 aliphatic rings. The third-order valence-electron chi connectivity index (χ3n) is 3.16. The normalized spacial score (nSPS) is 13.2. The Morgan fingerprint density at radius 1 is 1.32 bits per heavy atom. The van der Waals surface area contributed by atoms with Gasteiger partial charge in [0.1, 0.15) is 6.54 Å². The van der Waals surface area contributed by atoms with Gasteiger partial charge in [0.25, 0.3) is 0 Å². The average molecular weight is 384 g/mol. The summed E-state index contributed by atoms with van der Waals surface area (Å²) >= 11 is 0. The van der Waals surface area contributed by atoms with E-state index in [1.54, 1.807) is 0 Å². The quantitative estimate of drug-likeness (QED) is 0.211.